The summed E-state index contributed by atoms with van der Waals surface area (Å²) in [6, 6.07) is 0. The molecule has 17 heavy (non-hydrogen) atoms. The van der Waals surface area contributed by atoms with Crippen molar-refractivity contribution in [2.75, 3.05) is 19.0 Å². The van der Waals surface area contributed by atoms with Crippen molar-refractivity contribution in [3.63, 3.8) is 0 Å². The molecule has 3 heteroatoms. The molecule has 0 unspecified atom stereocenters. The molecule has 0 atom stereocenters. The minimum atomic E-state index is -0.128. The summed E-state index contributed by atoms with van der Waals surface area (Å²) in [6.07, 6.45) is 9.44. The largest absolute Gasteiger partial charge is 0.391 e. The number of hydrogen-bond donors (Lipinski definition) is 2. The van der Waals surface area contributed by atoms with E-state index in [9.17, 15) is 0 Å². The summed E-state index contributed by atoms with van der Waals surface area (Å²) in [5.74, 6) is 6.30. The van der Waals surface area contributed by atoms with E-state index in [4.69, 9.17) is 10.2 Å². The van der Waals surface area contributed by atoms with Crippen LogP contribution < -0.4 is 0 Å². The van der Waals surface area contributed by atoms with E-state index >= 15 is 0 Å². The molecule has 0 aromatic heterocycles. The number of aliphatic hydroxyl groups excluding tert-OH is 2. The third-order valence-corrected chi connectivity index (χ3v) is 3.47. The Morgan fingerprint density at radius 3 is 2.47 bits per heavy atom. The van der Waals surface area contributed by atoms with E-state index in [1.54, 1.807) is 17.8 Å². The van der Waals surface area contributed by atoms with Gasteiger partial charge in [0, 0.05) is 11.0 Å². The number of aliphatic hydroxyl groups is 2. The summed E-state index contributed by atoms with van der Waals surface area (Å²) >= 11 is 1.66. The molecule has 0 aliphatic rings. The summed E-state index contributed by atoms with van der Waals surface area (Å²) < 4.78 is 0. The molecular weight excluding hydrogens is 232 g/mol. The van der Waals surface area contributed by atoms with Crippen LogP contribution in [0.4, 0.5) is 0 Å². The van der Waals surface area contributed by atoms with Crippen molar-refractivity contribution in [1.29, 1.82) is 0 Å². The Morgan fingerprint density at radius 2 is 1.82 bits per heavy atom. The zero-order valence-electron chi connectivity index (χ0n) is 10.7. The molecule has 0 amide bonds. The van der Waals surface area contributed by atoms with Crippen LogP contribution in [0.2, 0.25) is 0 Å². The van der Waals surface area contributed by atoms with E-state index in [0.29, 0.717) is 0 Å². The van der Waals surface area contributed by atoms with Crippen LogP contribution in [-0.2, 0) is 0 Å². The molecule has 0 aromatic rings. The third-order valence-electron chi connectivity index (χ3n) is 2.36. The van der Waals surface area contributed by atoms with Gasteiger partial charge in [0.2, 0.25) is 0 Å². The highest BCUT2D eigenvalue weighted by Crippen LogP contribution is 2.17. The van der Waals surface area contributed by atoms with Gasteiger partial charge < -0.3 is 10.2 Å². The van der Waals surface area contributed by atoms with Crippen LogP contribution in [-0.4, -0.2) is 29.2 Å². The fourth-order valence-electron chi connectivity index (χ4n) is 1.40. The molecule has 0 fully saturated rings. The smallest absolute Gasteiger partial charge is 0.104 e. The summed E-state index contributed by atoms with van der Waals surface area (Å²) in [5, 5.41) is 17.6. The van der Waals surface area contributed by atoms with Gasteiger partial charge in [-0.15, -0.1) is 11.8 Å². The van der Waals surface area contributed by atoms with Gasteiger partial charge in [-0.05, 0) is 12.2 Å². The molecule has 0 spiro atoms. The van der Waals surface area contributed by atoms with Crippen molar-refractivity contribution in [2.45, 2.75) is 45.4 Å². The minimum absolute atomic E-state index is 0.0423. The van der Waals surface area contributed by atoms with E-state index in [1.807, 2.05) is 0 Å². The van der Waals surface area contributed by atoms with Crippen LogP contribution in [0, 0.1) is 11.8 Å². The number of thioether (sulfide) groups is 1. The molecule has 0 saturated carbocycles. The summed E-state index contributed by atoms with van der Waals surface area (Å²) in [7, 11) is 0. The molecule has 0 bridgehead atoms. The maximum absolute atomic E-state index is 9.08. The van der Waals surface area contributed by atoms with E-state index in [-0.39, 0.29) is 13.2 Å². The van der Waals surface area contributed by atoms with Crippen LogP contribution >= 0.6 is 11.8 Å². The lowest BCUT2D eigenvalue weighted by molar-refractivity contribution is 0.339. The molecule has 0 radical (unpaired) electrons. The van der Waals surface area contributed by atoms with E-state index in [1.165, 1.54) is 38.5 Å². The monoisotopic (exact) mass is 256 g/mol. The normalized spacial score (nSPS) is 11.1. The lowest BCUT2D eigenvalue weighted by Gasteiger charge is -2.02. The molecule has 0 aliphatic heterocycles. The lowest BCUT2D eigenvalue weighted by Crippen LogP contribution is -1.88. The Bertz CT molecular complexity index is 251. The van der Waals surface area contributed by atoms with Crippen molar-refractivity contribution in [2.24, 2.45) is 0 Å². The first-order valence-corrected chi connectivity index (χ1v) is 7.35. The van der Waals surface area contributed by atoms with Gasteiger partial charge in [-0.2, -0.15) is 0 Å². The first-order valence-electron chi connectivity index (χ1n) is 6.37. The zero-order valence-corrected chi connectivity index (χ0v) is 11.6. The molecule has 0 heterocycles. The molecule has 0 aliphatic carbocycles. The maximum atomic E-state index is 9.08. The van der Waals surface area contributed by atoms with Gasteiger partial charge in [0.15, 0.2) is 0 Å². The van der Waals surface area contributed by atoms with Crippen molar-refractivity contribution < 1.29 is 10.2 Å². The molecule has 2 N–H and O–H groups in total. The van der Waals surface area contributed by atoms with E-state index in [0.717, 1.165) is 10.7 Å². The molecule has 0 aromatic carbocycles. The van der Waals surface area contributed by atoms with Gasteiger partial charge in [0.1, 0.15) is 6.61 Å². The Balaban J connectivity index is 3.53. The average Bonchev–Trinajstić information content (AvgIpc) is 2.35. The fraction of sp³-hybridized carbons (Fsp3) is 0.714. The predicted molar refractivity (Wildman–Crippen MR) is 75.9 cm³/mol. The lowest BCUT2D eigenvalue weighted by atomic mass is 10.1. The number of hydrogen-bond acceptors (Lipinski definition) is 3. The second-order valence-corrected chi connectivity index (χ2v) is 5.09. The van der Waals surface area contributed by atoms with E-state index in [2.05, 4.69) is 18.8 Å². The molecule has 98 valence electrons. The predicted octanol–water partition coefficient (Wildman–Crippen LogP) is 2.95. The second kappa shape index (κ2) is 13.6. The van der Waals surface area contributed by atoms with Gasteiger partial charge >= 0.3 is 0 Å². The Labute approximate surface area is 110 Å². The molecular formula is C14H24O2S. The van der Waals surface area contributed by atoms with Crippen molar-refractivity contribution in [3.8, 4) is 11.8 Å². The van der Waals surface area contributed by atoms with Crippen molar-refractivity contribution in [1.82, 2.24) is 0 Å². The standard InChI is InChI=1S/C14H24O2S/c1-2-3-4-5-6-9-12-17-14(13-16)10-7-8-11-15/h10,15-16H,2-6,9,11-13H2,1H3/b14-10+. The summed E-state index contributed by atoms with van der Waals surface area (Å²) in [6.45, 7) is 2.14. The zero-order chi connectivity index (χ0) is 12.8. The Kier molecular flexibility index (Phi) is 13.3. The summed E-state index contributed by atoms with van der Waals surface area (Å²) in [5.41, 5.74) is 0. The molecule has 2 nitrogen and oxygen atoms in total. The van der Waals surface area contributed by atoms with Crippen LogP contribution in [0.1, 0.15) is 45.4 Å². The first-order chi connectivity index (χ1) is 8.35. The SMILES string of the molecule is CCCCCCCCS/C(=C/C#CCO)CO. The van der Waals surface area contributed by atoms with Crippen LogP contribution in [0.15, 0.2) is 11.0 Å². The average molecular weight is 256 g/mol. The van der Waals surface area contributed by atoms with Crippen molar-refractivity contribution >= 4 is 11.8 Å². The highest BCUT2D eigenvalue weighted by atomic mass is 32.2. The fourth-order valence-corrected chi connectivity index (χ4v) is 2.24. The highest BCUT2D eigenvalue weighted by molar-refractivity contribution is 8.03. The molecule has 0 saturated heterocycles. The minimum Gasteiger partial charge on any atom is -0.391 e. The van der Waals surface area contributed by atoms with Crippen LogP contribution in [0.3, 0.4) is 0 Å². The van der Waals surface area contributed by atoms with Gasteiger partial charge in [0.25, 0.3) is 0 Å². The quantitative estimate of drug-likeness (QED) is 0.492. The van der Waals surface area contributed by atoms with Crippen LogP contribution in [0.25, 0.3) is 0 Å². The van der Waals surface area contributed by atoms with Crippen molar-refractivity contribution in [3.05, 3.63) is 11.0 Å². The second-order valence-electron chi connectivity index (χ2n) is 3.86. The van der Waals surface area contributed by atoms with Gasteiger partial charge in [-0.1, -0.05) is 50.9 Å². The molecule has 0 rings (SSSR count). The Morgan fingerprint density at radius 1 is 1.12 bits per heavy atom. The van der Waals surface area contributed by atoms with Gasteiger partial charge in [-0.25, -0.2) is 0 Å². The number of unbranched alkanes of at least 4 members (excludes halogenated alkanes) is 5. The highest BCUT2D eigenvalue weighted by Gasteiger charge is 1.96. The number of rotatable bonds is 9. The topological polar surface area (TPSA) is 40.5 Å². The van der Waals surface area contributed by atoms with Gasteiger partial charge in [0.05, 0.1) is 6.61 Å². The first kappa shape index (κ1) is 16.6. The summed E-state index contributed by atoms with van der Waals surface area (Å²) in [4.78, 5) is 0.888. The third kappa shape index (κ3) is 11.8. The maximum Gasteiger partial charge on any atom is 0.104 e. The number of allylic oxidation sites excluding steroid dienone is 1. The van der Waals surface area contributed by atoms with E-state index < -0.39 is 0 Å². The Hall–Kier alpha value is -0.430. The van der Waals surface area contributed by atoms with Gasteiger partial charge in [-0.3, -0.25) is 0 Å². The van der Waals surface area contributed by atoms with Crippen LogP contribution in [0.5, 0.6) is 0 Å².